The summed E-state index contributed by atoms with van der Waals surface area (Å²) in [6, 6.07) is 0. The standard InChI is InChI=1S/C7H11NO2/c1-4-6(2)5-8-7(9)10-3/h4-5H,1H2,2-3H3,(H,8,9)/b6-5+. The molecular formula is C7H11NO2. The minimum absolute atomic E-state index is 0.471. The van der Waals surface area contributed by atoms with E-state index in [4.69, 9.17) is 0 Å². The molecule has 1 amide bonds. The largest absolute Gasteiger partial charge is 0.453 e. The average molecular weight is 141 g/mol. The third-order valence-corrected chi connectivity index (χ3v) is 0.925. The molecule has 0 heterocycles. The molecule has 1 N–H and O–H groups in total. The van der Waals surface area contributed by atoms with Crippen molar-refractivity contribution in [1.29, 1.82) is 0 Å². The summed E-state index contributed by atoms with van der Waals surface area (Å²) in [5, 5.41) is 2.39. The molecule has 0 aliphatic rings. The van der Waals surface area contributed by atoms with Crippen LogP contribution in [0.5, 0.6) is 0 Å². The van der Waals surface area contributed by atoms with Crippen LogP contribution in [0.15, 0.2) is 24.4 Å². The number of methoxy groups -OCH3 is 1. The van der Waals surface area contributed by atoms with Gasteiger partial charge in [0.25, 0.3) is 0 Å². The summed E-state index contributed by atoms with van der Waals surface area (Å²) in [4.78, 5) is 10.4. The molecule has 0 bridgehead atoms. The molecular weight excluding hydrogens is 130 g/mol. The average Bonchev–Trinajstić information content (AvgIpc) is 1.99. The number of rotatable bonds is 2. The van der Waals surface area contributed by atoms with Crippen LogP contribution in [0, 0.1) is 0 Å². The highest BCUT2D eigenvalue weighted by molar-refractivity contribution is 5.68. The number of alkyl carbamates (subject to hydrolysis) is 1. The molecule has 3 nitrogen and oxygen atoms in total. The topological polar surface area (TPSA) is 38.3 Å². The van der Waals surface area contributed by atoms with Crippen molar-refractivity contribution in [3.05, 3.63) is 24.4 Å². The molecule has 0 radical (unpaired) electrons. The first kappa shape index (κ1) is 8.75. The van der Waals surface area contributed by atoms with E-state index >= 15 is 0 Å². The molecule has 0 fully saturated rings. The van der Waals surface area contributed by atoms with Crippen molar-refractivity contribution in [2.24, 2.45) is 0 Å². The van der Waals surface area contributed by atoms with Gasteiger partial charge >= 0.3 is 6.09 Å². The molecule has 0 aliphatic carbocycles. The van der Waals surface area contributed by atoms with Gasteiger partial charge in [-0.25, -0.2) is 4.79 Å². The molecule has 0 aliphatic heterocycles. The quantitative estimate of drug-likeness (QED) is 0.591. The lowest BCUT2D eigenvalue weighted by atomic mass is 10.3. The Hall–Kier alpha value is -1.25. The van der Waals surface area contributed by atoms with E-state index in [1.54, 1.807) is 6.08 Å². The summed E-state index contributed by atoms with van der Waals surface area (Å²) < 4.78 is 4.32. The van der Waals surface area contributed by atoms with Gasteiger partial charge in [0.1, 0.15) is 0 Å². The normalized spacial score (nSPS) is 10.4. The maximum atomic E-state index is 10.4. The van der Waals surface area contributed by atoms with Crippen molar-refractivity contribution in [3.63, 3.8) is 0 Å². The molecule has 0 aromatic heterocycles. The lowest BCUT2D eigenvalue weighted by Crippen LogP contribution is -2.16. The van der Waals surface area contributed by atoms with E-state index in [2.05, 4.69) is 16.6 Å². The Morgan fingerprint density at radius 2 is 2.30 bits per heavy atom. The van der Waals surface area contributed by atoms with Crippen LogP contribution < -0.4 is 5.32 Å². The second kappa shape index (κ2) is 4.61. The zero-order valence-electron chi connectivity index (χ0n) is 6.18. The Kier molecular flexibility index (Phi) is 4.04. The fourth-order valence-corrected chi connectivity index (χ4v) is 0.291. The van der Waals surface area contributed by atoms with Crippen LogP contribution in [0.3, 0.4) is 0 Å². The van der Waals surface area contributed by atoms with Crippen LogP contribution in [-0.2, 0) is 4.74 Å². The lowest BCUT2D eigenvalue weighted by Gasteiger charge is -1.96. The molecule has 0 saturated heterocycles. The minimum atomic E-state index is -0.471. The van der Waals surface area contributed by atoms with Crippen LogP contribution >= 0.6 is 0 Å². The van der Waals surface area contributed by atoms with Gasteiger partial charge in [0.15, 0.2) is 0 Å². The smallest absolute Gasteiger partial charge is 0.410 e. The van der Waals surface area contributed by atoms with Gasteiger partial charge < -0.3 is 4.74 Å². The van der Waals surface area contributed by atoms with Crippen molar-refractivity contribution >= 4 is 6.09 Å². The van der Waals surface area contributed by atoms with Crippen molar-refractivity contribution < 1.29 is 9.53 Å². The summed E-state index contributed by atoms with van der Waals surface area (Å²) >= 11 is 0. The minimum Gasteiger partial charge on any atom is -0.453 e. The number of ether oxygens (including phenoxy) is 1. The van der Waals surface area contributed by atoms with Crippen LogP contribution in [0.25, 0.3) is 0 Å². The summed E-state index contributed by atoms with van der Waals surface area (Å²) in [6.07, 6.45) is 2.69. The van der Waals surface area contributed by atoms with E-state index in [1.807, 2.05) is 6.92 Å². The van der Waals surface area contributed by atoms with Crippen LogP contribution in [0.2, 0.25) is 0 Å². The highest BCUT2D eigenvalue weighted by atomic mass is 16.5. The Balaban J connectivity index is 3.71. The fourth-order valence-electron chi connectivity index (χ4n) is 0.291. The van der Waals surface area contributed by atoms with Crippen LogP contribution in [0.4, 0.5) is 4.79 Å². The third-order valence-electron chi connectivity index (χ3n) is 0.925. The van der Waals surface area contributed by atoms with Gasteiger partial charge in [-0.1, -0.05) is 12.7 Å². The van der Waals surface area contributed by atoms with Gasteiger partial charge in [-0.2, -0.15) is 0 Å². The number of nitrogens with one attached hydrogen (secondary N) is 1. The Bertz CT molecular complexity index is 161. The van der Waals surface area contributed by atoms with E-state index in [0.29, 0.717) is 0 Å². The Morgan fingerprint density at radius 1 is 1.70 bits per heavy atom. The van der Waals surface area contributed by atoms with Gasteiger partial charge in [-0.05, 0) is 12.5 Å². The second-order valence-electron chi connectivity index (χ2n) is 1.73. The number of allylic oxidation sites excluding steroid dienone is 2. The highest BCUT2D eigenvalue weighted by Gasteiger charge is 1.91. The van der Waals surface area contributed by atoms with E-state index in [-0.39, 0.29) is 0 Å². The second-order valence-corrected chi connectivity index (χ2v) is 1.73. The number of amides is 1. The van der Waals surface area contributed by atoms with Crippen molar-refractivity contribution in [2.45, 2.75) is 6.92 Å². The van der Waals surface area contributed by atoms with Crippen LogP contribution in [0.1, 0.15) is 6.92 Å². The predicted molar refractivity (Wildman–Crippen MR) is 39.5 cm³/mol. The molecule has 3 heteroatoms. The molecule has 56 valence electrons. The molecule has 0 aromatic carbocycles. The van der Waals surface area contributed by atoms with E-state index < -0.39 is 6.09 Å². The number of hydrogen-bond acceptors (Lipinski definition) is 2. The molecule has 0 saturated carbocycles. The zero-order valence-corrected chi connectivity index (χ0v) is 6.18. The van der Waals surface area contributed by atoms with E-state index in [9.17, 15) is 4.79 Å². The van der Waals surface area contributed by atoms with Crippen molar-refractivity contribution in [1.82, 2.24) is 5.32 Å². The molecule has 0 atom stereocenters. The molecule has 0 unspecified atom stereocenters. The van der Waals surface area contributed by atoms with Crippen LogP contribution in [-0.4, -0.2) is 13.2 Å². The number of carbonyl (C=O) groups excluding carboxylic acids is 1. The number of hydrogen-bond donors (Lipinski definition) is 1. The summed E-state index contributed by atoms with van der Waals surface area (Å²) in [7, 11) is 1.31. The molecule has 0 rings (SSSR count). The van der Waals surface area contributed by atoms with Gasteiger partial charge in [0, 0.05) is 6.20 Å². The summed E-state index contributed by atoms with van der Waals surface area (Å²) in [6.45, 7) is 5.33. The van der Waals surface area contributed by atoms with E-state index in [0.717, 1.165) is 5.57 Å². The Morgan fingerprint density at radius 3 is 2.70 bits per heavy atom. The summed E-state index contributed by atoms with van der Waals surface area (Å²) in [5.74, 6) is 0. The van der Waals surface area contributed by atoms with Gasteiger partial charge in [-0.15, -0.1) is 0 Å². The molecule has 0 spiro atoms. The molecule has 10 heavy (non-hydrogen) atoms. The van der Waals surface area contributed by atoms with Crippen molar-refractivity contribution in [2.75, 3.05) is 7.11 Å². The maximum absolute atomic E-state index is 10.4. The Labute approximate surface area is 60.4 Å². The monoisotopic (exact) mass is 141 g/mol. The first-order valence-electron chi connectivity index (χ1n) is 2.84. The van der Waals surface area contributed by atoms with E-state index in [1.165, 1.54) is 13.3 Å². The predicted octanol–water partition coefficient (Wildman–Crippen LogP) is 1.43. The highest BCUT2D eigenvalue weighted by Crippen LogP contribution is 1.88. The number of carbonyl (C=O) groups is 1. The molecule has 0 aromatic rings. The fraction of sp³-hybridized carbons (Fsp3) is 0.286. The SMILES string of the molecule is C=C/C(C)=C/NC(=O)OC. The third kappa shape index (κ3) is 3.72. The lowest BCUT2D eigenvalue weighted by molar-refractivity contribution is 0.175. The van der Waals surface area contributed by atoms with Crippen molar-refractivity contribution in [3.8, 4) is 0 Å². The van der Waals surface area contributed by atoms with Gasteiger partial charge in [0.2, 0.25) is 0 Å². The first-order chi connectivity index (χ1) is 4.70. The maximum Gasteiger partial charge on any atom is 0.410 e. The van der Waals surface area contributed by atoms with Gasteiger partial charge in [0.05, 0.1) is 7.11 Å². The first-order valence-corrected chi connectivity index (χ1v) is 2.84. The van der Waals surface area contributed by atoms with Gasteiger partial charge in [-0.3, -0.25) is 5.32 Å². The zero-order chi connectivity index (χ0) is 7.98. The summed E-state index contributed by atoms with van der Waals surface area (Å²) in [5.41, 5.74) is 0.880.